The van der Waals surface area contributed by atoms with Gasteiger partial charge in [0.05, 0.1) is 5.25 Å². The Bertz CT molecular complexity index is 369. The van der Waals surface area contributed by atoms with Crippen molar-refractivity contribution < 1.29 is 9.59 Å². The fourth-order valence-electron chi connectivity index (χ4n) is 2.23. The molecule has 2 amide bonds. The first kappa shape index (κ1) is 17.1. The summed E-state index contributed by atoms with van der Waals surface area (Å²) in [7, 11) is 1.87. The number of nitrogens with one attached hydrogen (secondary N) is 1. The average molecular weight is 298 g/mol. The van der Waals surface area contributed by atoms with Crippen LogP contribution in [0.2, 0.25) is 0 Å². The van der Waals surface area contributed by atoms with Crippen molar-refractivity contribution in [3.8, 4) is 0 Å². The van der Waals surface area contributed by atoms with Crippen LogP contribution in [0, 0.1) is 0 Å². The highest BCUT2D eigenvalue weighted by Crippen LogP contribution is 2.28. The topological polar surface area (TPSA) is 49.4 Å². The van der Waals surface area contributed by atoms with E-state index in [1.165, 1.54) is 4.90 Å². The Hall–Kier alpha value is -0.970. The van der Waals surface area contributed by atoms with Crippen LogP contribution in [0.1, 0.15) is 46.0 Å². The SMILES string of the molecule is C=C(CCCCCN1C(=O)CC(SC(C)C)C1=O)NC. The number of thioether (sulfide) groups is 1. The van der Waals surface area contributed by atoms with Crippen LogP contribution in [0.5, 0.6) is 0 Å². The Morgan fingerprint density at radius 3 is 2.70 bits per heavy atom. The fraction of sp³-hybridized carbons (Fsp3) is 0.733. The van der Waals surface area contributed by atoms with Crippen LogP contribution in [-0.2, 0) is 9.59 Å². The lowest BCUT2D eigenvalue weighted by atomic mass is 10.1. The number of hydrogen-bond donors (Lipinski definition) is 1. The highest BCUT2D eigenvalue weighted by molar-refractivity contribution is 8.01. The van der Waals surface area contributed by atoms with Crippen LogP contribution >= 0.6 is 11.8 Å². The van der Waals surface area contributed by atoms with Crippen LogP contribution in [0.25, 0.3) is 0 Å². The summed E-state index contributed by atoms with van der Waals surface area (Å²) < 4.78 is 0. The van der Waals surface area contributed by atoms with Gasteiger partial charge in [-0.1, -0.05) is 26.8 Å². The number of unbranched alkanes of at least 4 members (excludes halogenated alkanes) is 2. The molecule has 0 aromatic heterocycles. The molecular weight excluding hydrogens is 272 g/mol. The van der Waals surface area contributed by atoms with E-state index >= 15 is 0 Å². The van der Waals surface area contributed by atoms with E-state index in [2.05, 4.69) is 25.7 Å². The van der Waals surface area contributed by atoms with Gasteiger partial charge in [-0.15, -0.1) is 11.8 Å². The summed E-state index contributed by atoms with van der Waals surface area (Å²) in [5.41, 5.74) is 1.03. The lowest BCUT2D eigenvalue weighted by Gasteiger charge is -2.15. The second-order valence-corrected chi connectivity index (χ2v) is 7.21. The van der Waals surface area contributed by atoms with Gasteiger partial charge in [-0.3, -0.25) is 14.5 Å². The molecule has 0 radical (unpaired) electrons. The van der Waals surface area contributed by atoms with Crippen LogP contribution in [-0.4, -0.2) is 40.8 Å². The molecule has 1 saturated heterocycles. The molecule has 4 nitrogen and oxygen atoms in total. The number of carbonyl (C=O) groups excluding carboxylic acids is 2. The van der Waals surface area contributed by atoms with E-state index in [-0.39, 0.29) is 17.1 Å². The lowest BCUT2D eigenvalue weighted by Crippen LogP contribution is -2.32. The average Bonchev–Trinajstić information content (AvgIpc) is 2.64. The van der Waals surface area contributed by atoms with Crippen LogP contribution in [0.4, 0.5) is 0 Å². The molecule has 114 valence electrons. The second-order valence-electron chi connectivity index (χ2n) is 5.43. The first-order valence-corrected chi connectivity index (χ1v) is 8.25. The number of likely N-dealkylation sites (tertiary alicyclic amines) is 1. The molecule has 0 bridgehead atoms. The van der Waals surface area contributed by atoms with Gasteiger partial charge < -0.3 is 5.32 Å². The molecule has 0 aromatic carbocycles. The van der Waals surface area contributed by atoms with Gasteiger partial charge in [-0.2, -0.15) is 0 Å². The minimum atomic E-state index is -0.161. The van der Waals surface area contributed by atoms with Crippen molar-refractivity contribution in [3.05, 3.63) is 12.3 Å². The molecule has 1 unspecified atom stereocenters. The number of rotatable bonds is 9. The Balaban J connectivity index is 2.28. The molecule has 5 heteroatoms. The third kappa shape index (κ3) is 5.19. The maximum Gasteiger partial charge on any atom is 0.242 e. The van der Waals surface area contributed by atoms with Crippen molar-refractivity contribution in [3.63, 3.8) is 0 Å². The monoisotopic (exact) mass is 298 g/mol. The van der Waals surface area contributed by atoms with Crippen LogP contribution in [0.3, 0.4) is 0 Å². The zero-order valence-corrected chi connectivity index (χ0v) is 13.6. The zero-order valence-electron chi connectivity index (χ0n) is 12.8. The first-order valence-electron chi connectivity index (χ1n) is 7.31. The maximum atomic E-state index is 12.1. The summed E-state index contributed by atoms with van der Waals surface area (Å²) in [6.07, 6.45) is 4.26. The van der Waals surface area contributed by atoms with Crippen molar-refractivity contribution in [1.82, 2.24) is 10.2 Å². The normalized spacial score (nSPS) is 19.0. The summed E-state index contributed by atoms with van der Waals surface area (Å²) in [6, 6.07) is 0. The minimum Gasteiger partial charge on any atom is -0.392 e. The minimum absolute atomic E-state index is 0.00668. The molecule has 0 saturated carbocycles. The molecule has 0 aliphatic carbocycles. The number of nitrogens with zero attached hydrogens (tertiary/aromatic N) is 1. The Morgan fingerprint density at radius 1 is 1.40 bits per heavy atom. The van der Waals surface area contributed by atoms with Gasteiger partial charge in [-0.05, 0) is 24.5 Å². The molecule has 1 aliphatic rings. The van der Waals surface area contributed by atoms with E-state index in [0.29, 0.717) is 18.2 Å². The Morgan fingerprint density at radius 2 is 2.10 bits per heavy atom. The Kier molecular flexibility index (Phi) is 7.13. The quantitative estimate of drug-likeness (QED) is 0.525. The molecule has 1 N–H and O–H groups in total. The highest BCUT2D eigenvalue weighted by Gasteiger charge is 2.38. The molecular formula is C15H26N2O2S. The summed E-state index contributed by atoms with van der Waals surface area (Å²) in [6.45, 7) is 8.56. The van der Waals surface area contributed by atoms with E-state index in [0.717, 1.165) is 31.4 Å². The Labute approximate surface area is 126 Å². The largest absolute Gasteiger partial charge is 0.392 e. The van der Waals surface area contributed by atoms with E-state index in [1.54, 1.807) is 11.8 Å². The smallest absolute Gasteiger partial charge is 0.242 e. The number of carbonyl (C=O) groups is 2. The number of imide groups is 1. The molecule has 1 heterocycles. The zero-order chi connectivity index (χ0) is 15.1. The van der Waals surface area contributed by atoms with Crippen molar-refractivity contribution in [2.45, 2.75) is 56.5 Å². The predicted molar refractivity (Wildman–Crippen MR) is 84.5 cm³/mol. The van der Waals surface area contributed by atoms with Crippen molar-refractivity contribution >= 4 is 23.6 Å². The van der Waals surface area contributed by atoms with Gasteiger partial charge >= 0.3 is 0 Å². The molecule has 0 spiro atoms. The predicted octanol–water partition coefficient (Wildman–Crippen LogP) is 2.55. The summed E-state index contributed by atoms with van der Waals surface area (Å²) in [5.74, 6) is 0.00104. The van der Waals surface area contributed by atoms with Gasteiger partial charge in [0.1, 0.15) is 0 Å². The highest BCUT2D eigenvalue weighted by atomic mass is 32.2. The van der Waals surface area contributed by atoms with Crippen molar-refractivity contribution in [2.24, 2.45) is 0 Å². The molecule has 1 rings (SSSR count). The summed E-state index contributed by atoms with van der Waals surface area (Å²) in [5, 5.41) is 3.24. The van der Waals surface area contributed by atoms with E-state index in [1.807, 2.05) is 7.05 Å². The molecule has 20 heavy (non-hydrogen) atoms. The van der Waals surface area contributed by atoms with Gasteiger partial charge in [-0.25, -0.2) is 0 Å². The maximum absolute atomic E-state index is 12.1. The molecule has 1 fully saturated rings. The third-order valence-corrected chi connectivity index (χ3v) is 4.59. The standard InChI is InChI=1S/C15H26N2O2S/c1-11(2)20-13-10-14(18)17(15(13)19)9-7-5-6-8-12(3)16-4/h11,13,16H,3,5-10H2,1-2,4H3. The summed E-state index contributed by atoms with van der Waals surface area (Å²) >= 11 is 1.60. The van der Waals surface area contributed by atoms with E-state index in [4.69, 9.17) is 0 Å². The van der Waals surface area contributed by atoms with E-state index in [9.17, 15) is 9.59 Å². The van der Waals surface area contributed by atoms with Gasteiger partial charge in [0.2, 0.25) is 11.8 Å². The lowest BCUT2D eigenvalue weighted by molar-refractivity contribution is -0.138. The third-order valence-electron chi connectivity index (χ3n) is 3.35. The fourth-order valence-corrected chi connectivity index (χ4v) is 3.37. The van der Waals surface area contributed by atoms with Crippen LogP contribution < -0.4 is 5.32 Å². The number of allylic oxidation sites excluding steroid dienone is 1. The number of hydrogen-bond acceptors (Lipinski definition) is 4. The van der Waals surface area contributed by atoms with Gasteiger partial charge in [0, 0.05) is 25.7 Å². The van der Waals surface area contributed by atoms with Crippen molar-refractivity contribution in [2.75, 3.05) is 13.6 Å². The molecule has 0 aromatic rings. The van der Waals surface area contributed by atoms with Crippen LogP contribution in [0.15, 0.2) is 12.3 Å². The van der Waals surface area contributed by atoms with E-state index < -0.39 is 0 Å². The second kappa shape index (κ2) is 8.35. The van der Waals surface area contributed by atoms with Crippen molar-refractivity contribution in [1.29, 1.82) is 0 Å². The number of amides is 2. The molecule has 1 atom stereocenters. The van der Waals surface area contributed by atoms with Gasteiger partial charge in [0.15, 0.2) is 0 Å². The summed E-state index contributed by atoms with van der Waals surface area (Å²) in [4.78, 5) is 25.4. The first-order chi connectivity index (χ1) is 9.45. The molecule has 1 aliphatic heterocycles. The van der Waals surface area contributed by atoms with Gasteiger partial charge in [0.25, 0.3) is 0 Å².